The van der Waals surface area contributed by atoms with Gasteiger partial charge in [0.15, 0.2) is 0 Å². The van der Waals surface area contributed by atoms with Crippen LogP contribution in [-0.4, -0.2) is 30.4 Å². The van der Waals surface area contributed by atoms with Crippen LogP contribution >= 0.6 is 0 Å². The average molecular weight is 274 g/mol. The second-order valence-corrected chi connectivity index (χ2v) is 5.81. The molecule has 0 aliphatic carbocycles. The number of aryl methyl sites for hydroxylation is 1. The molecule has 1 heterocycles. The molecule has 1 aromatic carbocycles. The Labute approximate surface area is 122 Å². The number of nitrogens with zero attached hydrogens (tertiary/aromatic N) is 1. The van der Waals surface area contributed by atoms with Crippen molar-refractivity contribution in [3.63, 3.8) is 0 Å². The molecule has 20 heavy (non-hydrogen) atoms. The molecule has 0 radical (unpaired) electrons. The average Bonchev–Trinajstić information content (AvgIpc) is 2.74. The van der Waals surface area contributed by atoms with Crippen LogP contribution in [0.4, 0.5) is 0 Å². The molecule has 1 amide bonds. The Hall–Kier alpha value is -1.35. The second-order valence-electron chi connectivity index (χ2n) is 5.81. The Bertz CT molecular complexity index is 419. The fraction of sp³-hybridized carbons (Fsp3) is 0.588. The number of amides is 1. The van der Waals surface area contributed by atoms with Crippen molar-refractivity contribution in [2.45, 2.75) is 45.6 Å². The Morgan fingerprint density at radius 2 is 1.75 bits per heavy atom. The Morgan fingerprint density at radius 3 is 2.35 bits per heavy atom. The Kier molecular flexibility index (Phi) is 5.60. The van der Waals surface area contributed by atoms with Crippen LogP contribution < -0.4 is 5.32 Å². The van der Waals surface area contributed by atoms with E-state index in [1.807, 2.05) is 4.90 Å². The predicted octanol–water partition coefficient (Wildman–Crippen LogP) is 3.05. The highest BCUT2D eigenvalue weighted by Crippen LogP contribution is 2.13. The number of carbonyl (C=O) groups is 1. The fourth-order valence-electron chi connectivity index (χ4n) is 2.65. The minimum absolute atomic E-state index is 0.214. The molecule has 2 rings (SSSR count). The molecular weight excluding hydrogens is 248 g/mol. The van der Waals surface area contributed by atoms with E-state index in [1.165, 1.54) is 24.0 Å². The summed E-state index contributed by atoms with van der Waals surface area (Å²) in [5.74, 6) is 0.242. The third-order valence-electron chi connectivity index (χ3n) is 4.10. The molecule has 1 fully saturated rings. The first-order valence-corrected chi connectivity index (χ1v) is 7.74. The predicted molar refractivity (Wildman–Crippen MR) is 82.6 cm³/mol. The van der Waals surface area contributed by atoms with Crippen molar-refractivity contribution >= 4 is 5.91 Å². The van der Waals surface area contributed by atoms with Gasteiger partial charge in [-0.25, -0.2) is 0 Å². The lowest BCUT2D eigenvalue weighted by molar-refractivity contribution is -0.130. The van der Waals surface area contributed by atoms with E-state index < -0.39 is 0 Å². The number of nitrogens with one attached hydrogen (secondary N) is 1. The summed E-state index contributed by atoms with van der Waals surface area (Å²) in [6.07, 6.45) is 4.83. The highest BCUT2D eigenvalue weighted by molar-refractivity contribution is 5.78. The molecule has 1 atom stereocenters. The Morgan fingerprint density at radius 1 is 1.15 bits per heavy atom. The van der Waals surface area contributed by atoms with Gasteiger partial charge in [-0.1, -0.05) is 42.7 Å². The number of hydrogen-bond acceptors (Lipinski definition) is 2. The van der Waals surface area contributed by atoms with Crippen molar-refractivity contribution < 1.29 is 4.79 Å². The van der Waals surface area contributed by atoms with Crippen molar-refractivity contribution in [3.05, 3.63) is 35.4 Å². The van der Waals surface area contributed by atoms with Gasteiger partial charge in [0.2, 0.25) is 5.91 Å². The molecule has 0 saturated carbocycles. The smallest absolute Gasteiger partial charge is 0.236 e. The maximum absolute atomic E-state index is 12.2. The summed E-state index contributed by atoms with van der Waals surface area (Å²) in [5, 5.41) is 3.34. The highest BCUT2D eigenvalue weighted by Gasteiger charge is 2.16. The van der Waals surface area contributed by atoms with Crippen molar-refractivity contribution in [1.29, 1.82) is 0 Å². The van der Waals surface area contributed by atoms with Gasteiger partial charge in [-0.15, -0.1) is 0 Å². The largest absolute Gasteiger partial charge is 0.342 e. The molecule has 0 aromatic heterocycles. The summed E-state index contributed by atoms with van der Waals surface area (Å²) in [7, 11) is 0. The Balaban J connectivity index is 1.81. The molecule has 1 saturated heterocycles. The molecule has 0 unspecified atom stereocenters. The van der Waals surface area contributed by atoms with Gasteiger partial charge >= 0.3 is 0 Å². The maximum atomic E-state index is 12.2. The van der Waals surface area contributed by atoms with Crippen molar-refractivity contribution in [1.82, 2.24) is 10.2 Å². The van der Waals surface area contributed by atoms with Crippen molar-refractivity contribution in [2.75, 3.05) is 19.6 Å². The van der Waals surface area contributed by atoms with E-state index in [-0.39, 0.29) is 11.9 Å². The lowest BCUT2D eigenvalue weighted by Crippen LogP contribution is -2.39. The SMILES string of the molecule is Cc1ccc([C@H](C)NCC(=O)N2CCCCCC2)cc1. The first kappa shape index (κ1) is 15.0. The minimum Gasteiger partial charge on any atom is -0.342 e. The number of carbonyl (C=O) groups excluding carboxylic acids is 1. The van der Waals surface area contributed by atoms with E-state index in [4.69, 9.17) is 0 Å². The van der Waals surface area contributed by atoms with E-state index in [0.717, 1.165) is 25.9 Å². The van der Waals surface area contributed by atoms with Gasteiger partial charge < -0.3 is 10.2 Å². The molecule has 0 bridgehead atoms. The van der Waals surface area contributed by atoms with E-state index >= 15 is 0 Å². The summed E-state index contributed by atoms with van der Waals surface area (Å²) >= 11 is 0. The van der Waals surface area contributed by atoms with Gasteiger partial charge in [0, 0.05) is 19.1 Å². The van der Waals surface area contributed by atoms with E-state index in [2.05, 4.69) is 43.4 Å². The third kappa shape index (κ3) is 4.34. The summed E-state index contributed by atoms with van der Waals surface area (Å²) in [6, 6.07) is 8.70. The second kappa shape index (κ2) is 7.44. The number of likely N-dealkylation sites (tertiary alicyclic amines) is 1. The number of hydrogen-bond donors (Lipinski definition) is 1. The molecule has 1 N–H and O–H groups in total. The van der Waals surface area contributed by atoms with Gasteiger partial charge in [0.25, 0.3) is 0 Å². The van der Waals surface area contributed by atoms with E-state index in [0.29, 0.717) is 6.54 Å². The normalized spacial score (nSPS) is 17.6. The van der Waals surface area contributed by atoms with Crippen LogP contribution in [0.5, 0.6) is 0 Å². The van der Waals surface area contributed by atoms with Crippen LogP contribution in [0.2, 0.25) is 0 Å². The summed E-state index contributed by atoms with van der Waals surface area (Å²) in [6.45, 7) is 6.50. The van der Waals surface area contributed by atoms with Crippen LogP contribution in [0.25, 0.3) is 0 Å². The highest BCUT2D eigenvalue weighted by atomic mass is 16.2. The first-order chi connectivity index (χ1) is 9.66. The van der Waals surface area contributed by atoms with Crippen LogP contribution in [0.3, 0.4) is 0 Å². The lowest BCUT2D eigenvalue weighted by atomic mass is 10.1. The van der Waals surface area contributed by atoms with Gasteiger partial charge in [-0.3, -0.25) is 4.79 Å². The lowest BCUT2D eigenvalue weighted by Gasteiger charge is -2.22. The van der Waals surface area contributed by atoms with Crippen molar-refractivity contribution in [3.8, 4) is 0 Å². The molecule has 1 aromatic rings. The number of rotatable bonds is 4. The first-order valence-electron chi connectivity index (χ1n) is 7.74. The maximum Gasteiger partial charge on any atom is 0.236 e. The molecular formula is C17H26N2O. The van der Waals surface area contributed by atoms with Crippen LogP contribution in [-0.2, 0) is 4.79 Å². The molecule has 1 aliphatic rings. The van der Waals surface area contributed by atoms with Crippen LogP contribution in [0, 0.1) is 6.92 Å². The zero-order chi connectivity index (χ0) is 14.4. The van der Waals surface area contributed by atoms with E-state index in [1.54, 1.807) is 0 Å². The number of benzene rings is 1. The fourth-order valence-corrected chi connectivity index (χ4v) is 2.65. The summed E-state index contributed by atoms with van der Waals surface area (Å²) in [5.41, 5.74) is 2.50. The van der Waals surface area contributed by atoms with Crippen LogP contribution in [0.1, 0.15) is 49.8 Å². The van der Waals surface area contributed by atoms with Crippen molar-refractivity contribution in [2.24, 2.45) is 0 Å². The zero-order valence-electron chi connectivity index (χ0n) is 12.7. The molecule has 3 heteroatoms. The van der Waals surface area contributed by atoms with Crippen LogP contribution in [0.15, 0.2) is 24.3 Å². The van der Waals surface area contributed by atoms with Gasteiger partial charge in [-0.2, -0.15) is 0 Å². The molecule has 3 nitrogen and oxygen atoms in total. The van der Waals surface area contributed by atoms with Gasteiger partial charge in [-0.05, 0) is 32.3 Å². The quantitative estimate of drug-likeness (QED) is 0.915. The summed E-state index contributed by atoms with van der Waals surface area (Å²) < 4.78 is 0. The van der Waals surface area contributed by atoms with E-state index in [9.17, 15) is 4.79 Å². The third-order valence-corrected chi connectivity index (χ3v) is 4.10. The zero-order valence-corrected chi connectivity index (χ0v) is 12.7. The topological polar surface area (TPSA) is 32.3 Å². The standard InChI is InChI=1S/C17H26N2O/c1-14-7-9-16(10-8-14)15(2)18-13-17(20)19-11-5-3-4-6-12-19/h7-10,15,18H,3-6,11-13H2,1-2H3/t15-/m0/s1. The van der Waals surface area contributed by atoms with Gasteiger partial charge in [0.05, 0.1) is 6.54 Å². The molecule has 110 valence electrons. The minimum atomic E-state index is 0.214. The molecule has 0 spiro atoms. The molecule has 1 aliphatic heterocycles. The summed E-state index contributed by atoms with van der Waals surface area (Å²) in [4.78, 5) is 14.2. The monoisotopic (exact) mass is 274 g/mol. The van der Waals surface area contributed by atoms with Gasteiger partial charge in [0.1, 0.15) is 0 Å².